The summed E-state index contributed by atoms with van der Waals surface area (Å²) in [7, 11) is -2.69. The summed E-state index contributed by atoms with van der Waals surface area (Å²) >= 11 is 5.81. The second kappa shape index (κ2) is 12.2. The molecule has 1 heterocycles. The number of carbonyl (C=O) groups is 2. The first-order valence-electron chi connectivity index (χ1n) is 9.47. The van der Waals surface area contributed by atoms with E-state index in [9.17, 15) is 18.0 Å². The zero-order valence-electron chi connectivity index (χ0n) is 16.9. The van der Waals surface area contributed by atoms with Crippen molar-refractivity contribution >= 4 is 33.5 Å². The van der Waals surface area contributed by atoms with Crippen molar-refractivity contribution in [3.05, 3.63) is 53.8 Å². The Morgan fingerprint density at radius 1 is 1.16 bits per heavy atom. The molecule has 0 fully saturated rings. The lowest BCUT2D eigenvalue weighted by atomic mass is 10.2. The van der Waals surface area contributed by atoms with Crippen LogP contribution in [0.4, 0.5) is 0 Å². The number of nitrogens with zero attached hydrogens (tertiary/aromatic N) is 1. The molecular formula is C20H24ClN3O6S. The van der Waals surface area contributed by atoms with E-state index in [0.717, 1.165) is 0 Å². The van der Waals surface area contributed by atoms with E-state index in [1.54, 1.807) is 18.3 Å². The van der Waals surface area contributed by atoms with Gasteiger partial charge in [0.25, 0.3) is 0 Å². The number of aromatic nitrogens is 1. The van der Waals surface area contributed by atoms with Crippen molar-refractivity contribution < 1.29 is 27.5 Å². The molecule has 0 saturated carbocycles. The summed E-state index contributed by atoms with van der Waals surface area (Å²) < 4.78 is 37.9. The maximum absolute atomic E-state index is 12.7. The van der Waals surface area contributed by atoms with Crippen molar-refractivity contribution in [1.82, 2.24) is 15.0 Å². The number of esters is 1. The predicted molar refractivity (Wildman–Crippen MR) is 114 cm³/mol. The van der Waals surface area contributed by atoms with Crippen LogP contribution in [0.1, 0.15) is 19.3 Å². The molecule has 0 aliphatic heterocycles. The molecule has 1 atom stereocenters. The van der Waals surface area contributed by atoms with E-state index >= 15 is 0 Å². The molecule has 0 radical (unpaired) electrons. The van der Waals surface area contributed by atoms with Gasteiger partial charge in [0.15, 0.2) is 0 Å². The summed E-state index contributed by atoms with van der Waals surface area (Å²) in [5.74, 6) is -0.492. The first-order chi connectivity index (χ1) is 14.8. The van der Waals surface area contributed by atoms with E-state index < -0.39 is 22.0 Å². The number of benzene rings is 1. The Bertz CT molecular complexity index is 955. The average Bonchev–Trinajstić information content (AvgIpc) is 2.77. The number of methoxy groups -OCH3 is 1. The SMILES string of the molecule is COC(=O)CCCCNC(=O)C(COc1cccnc1)NS(=O)(=O)c1ccc(Cl)cc1. The molecule has 1 unspecified atom stereocenters. The number of nitrogens with one attached hydrogen (secondary N) is 2. The fraction of sp³-hybridized carbons (Fsp3) is 0.350. The van der Waals surface area contributed by atoms with Gasteiger partial charge in [-0.05, 0) is 49.2 Å². The summed E-state index contributed by atoms with van der Waals surface area (Å²) in [6, 6.07) is 7.67. The van der Waals surface area contributed by atoms with Gasteiger partial charge in [-0.25, -0.2) is 8.42 Å². The van der Waals surface area contributed by atoms with Crippen LogP contribution < -0.4 is 14.8 Å². The van der Waals surface area contributed by atoms with Gasteiger partial charge < -0.3 is 14.8 Å². The first-order valence-corrected chi connectivity index (χ1v) is 11.3. The molecule has 168 valence electrons. The molecule has 2 rings (SSSR count). The van der Waals surface area contributed by atoms with Gasteiger partial charge in [-0.1, -0.05) is 11.6 Å². The zero-order valence-corrected chi connectivity index (χ0v) is 18.5. The number of rotatable bonds is 12. The Balaban J connectivity index is 2.02. The fourth-order valence-electron chi connectivity index (χ4n) is 2.48. The van der Waals surface area contributed by atoms with Gasteiger partial charge in [-0.3, -0.25) is 14.6 Å². The van der Waals surface area contributed by atoms with Gasteiger partial charge in [0, 0.05) is 24.2 Å². The minimum atomic E-state index is -4.00. The van der Waals surface area contributed by atoms with Gasteiger partial charge in [0.05, 0.1) is 18.2 Å². The molecule has 0 spiro atoms. The summed E-state index contributed by atoms with van der Waals surface area (Å²) in [4.78, 5) is 27.6. The minimum Gasteiger partial charge on any atom is -0.490 e. The van der Waals surface area contributed by atoms with Crippen molar-refractivity contribution in [2.75, 3.05) is 20.3 Å². The third-order valence-electron chi connectivity index (χ3n) is 4.12. The Kier molecular flexibility index (Phi) is 9.70. The number of hydrogen-bond donors (Lipinski definition) is 2. The lowest BCUT2D eigenvalue weighted by molar-refractivity contribution is -0.140. The summed E-state index contributed by atoms with van der Waals surface area (Å²) in [5, 5.41) is 3.05. The number of sulfonamides is 1. The van der Waals surface area contributed by atoms with Gasteiger partial charge >= 0.3 is 5.97 Å². The van der Waals surface area contributed by atoms with Crippen molar-refractivity contribution in [2.24, 2.45) is 0 Å². The highest BCUT2D eigenvalue weighted by Crippen LogP contribution is 2.15. The quantitative estimate of drug-likeness (QED) is 0.359. The van der Waals surface area contributed by atoms with E-state index in [2.05, 4.69) is 19.8 Å². The highest BCUT2D eigenvalue weighted by Gasteiger charge is 2.26. The normalized spacial score (nSPS) is 12.1. The maximum atomic E-state index is 12.7. The van der Waals surface area contributed by atoms with Crippen LogP contribution in [0.2, 0.25) is 5.02 Å². The number of halogens is 1. The summed E-state index contributed by atoms with van der Waals surface area (Å²) in [5.41, 5.74) is 0. The van der Waals surface area contributed by atoms with Crippen LogP contribution in [0.3, 0.4) is 0 Å². The molecule has 0 aliphatic rings. The van der Waals surface area contributed by atoms with Crippen molar-refractivity contribution in [1.29, 1.82) is 0 Å². The van der Waals surface area contributed by atoms with Gasteiger partial charge in [0.1, 0.15) is 18.4 Å². The molecule has 1 amide bonds. The predicted octanol–water partition coefficient (Wildman–Crippen LogP) is 1.92. The van der Waals surface area contributed by atoms with Gasteiger partial charge in [-0.2, -0.15) is 4.72 Å². The number of carbonyl (C=O) groups excluding carboxylic acids is 2. The topological polar surface area (TPSA) is 124 Å². The molecule has 2 N–H and O–H groups in total. The summed E-state index contributed by atoms with van der Waals surface area (Å²) in [6.07, 6.45) is 4.31. The van der Waals surface area contributed by atoms with Crippen LogP contribution in [0.25, 0.3) is 0 Å². The molecule has 0 saturated heterocycles. The second-order valence-electron chi connectivity index (χ2n) is 6.45. The Labute approximate surface area is 186 Å². The molecular weight excluding hydrogens is 446 g/mol. The average molecular weight is 470 g/mol. The third-order valence-corrected chi connectivity index (χ3v) is 5.86. The van der Waals surface area contributed by atoms with E-state index in [1.165, 1.54) is 37.6 Å². The highest BCUT2D eigenvalue weighted by atomic mass is 35.5. The Morgan fingerprint density at radius 2 is 1.90 bits per heavy atom. The number of pyridine rings is 1. The maximum Gasteiger partial charge on any atom is 0.305 e. The van der Waals surface area contributed by atoms with Crippen LogP contribution in [0.5, 0.6) is 5.75 Å². The number of hydrogen-bond acceptors (Lipinski definition) is 7. The van der Waals surface area contributed by atoms with E-state index in [4.69, 9.17) is 16.3 Å². The molecule has 9 nitrogen and oxygen atoms in total. The largest absolute Gasteiger partial charge is 0.490 e. The molecule has 2 aromatic rings. The minimum absolute atomic E-state index is 0.0332. The molecule has 31 heavy (non-hydrogen) atoms. The molecule has 1 aromatic heterocycles. The van der Waals surface area contributed by atoms with Crippen LogP contribution >= 0.6 is 11.6 Å². The van der Waals surface area contributed by atoms with E-state index in [-0.39, 0.29) is 30.4 Å². The van der Waals surface area contributed by atoms with Crippen LogP contribution in [-0.4, -0.2) is 51.6 Å². The van der Waals surface area contributed by atoms with E-state index in [0.29, 0.717) is 23.6 Å². The molecule has 1 aromatic carbocycles. The molecule has 0 aliphatic carbocycles. The third kappa shape index (κ3) is 8.52. The van der Waals surface area contributed by atoms with Crippen molar-refractivity contribution in [3.8, 4) is 5.75 Å². The van der Waals surface area contributed by atoms with Crippen molar-refractivity contribution in [3.63, 3.8) is 0 Å². The first kappa shape index (κ1) is 24.6. The van der Waals surface area contributed by atoms with Crippen molar-refractivity contribution in [2.45, 2.75) is 30.2 Å². The zero-order chi connectivity index (χ0) is 22.7. The van der Waals surface area contributed by atoms with Crippen LogP contribution in [0.15, 0.2) is 53.7 Å². The molecule has 0 bridgehead atoms. The van der Waals surface area contributed by atoms with Crippen LogP contribution in [-0.2, 0) is 24.3 Å². The summed E-state index contributed by atoms with van der Waals surface area (Å²) in [6.45, 7) is 0.0222. The second-order valence-corrected chi connectivity index (χ2v) is 8.60. The number of amides is 1. The van der Waals surface area contributed by atoms with Crippen LogP contribution in [0, 0.1) is 0 Å². The van der Waals surface area contributed by atoms with Gasteiger partial charge in [0.2, 0.25) is 15.9 Å². The smallest absolute Gasteiger partial charge is 0.305 e. The monoisotopic (exact) mass is 469 g/mol. The number of ether oxygens (including phenoxy) is 2. The van der Waals surface area contributed by atoms with E-state index in [1.807, 2.05) is 0 Å². The lowest BCUT2D eigenvalue weighted by Crippen LogP contribution is -2.50. The molecule has 11 heteroatoms. The number of unbranched alkanes of at least 4 members (excludes halogenated alkanes) is 1. The standard InChI is InChI=1S/C20H24ClN3O6S/c1-29-19(25)6-2-3-12-23-20(26)18(14-30-16-5-4-11-22-13-16)24-31(27,28)17-9-7-15(21)8-10-17/h4-5,7-11,13,18,24H,2-3,6,12,14H2,1H3,(H,23,26). The Morgan fingerprint density at radius 3 is 2.55 bits per heavy atom. The fourth-order valence-corrected chi connectivity index (χ4v) is 3.78. The Hall–Kier alpha value is -2.69. The van der Waals surface area contributed by atoms with Gasteiger partial charge in [-0.15, -0.1) is 0 Å². The lowest BCUT2D eigenvalue weighted by Gasteiger charge is -2.19. The highest BCUT2D eigenvalue weighted by molar-refractivity contribution is 7.89.